The molecule has 160 valence electrons. The van der Waals surface area contributed by atoms with Gasteiger partial charge in [0.1, 0.15) is 0 Å². The van der Waals surface area contributed by atoms with Crippen LogP contribution in [-0.4, -0.2) is 41.0 Å². The predicted molar refractivity (Wildman–Crippen MR) is 104 cm³/mol. The van der Waals surface area contributed by atoms with E-state index in [-0.39, 0.29) is 58.4 Å². The third-order valence-electron chi connectivity index (χ3n) is 5.61. The summed E-state index contributed by atoms with van der Waals surface area (Å²) in [6.07, 6.45) is 0.145. The van der Waals surface area contributed by atoms with Crippen LogP contribution >= 0.6 is 0 Å². The highest BCUT2D eigenvalue weighted by Gasteiger charge is 2.57. The van der Waals surface area contributed by atoms with Gasteiger partial charge >= 0.3 is 0 Å². The van der Waals surface area contributed by atoms with Crippen molar-refractivity contribution in [3.8, 4) is 0 Å². The number of carbonyl (C=O) groups excluding carboxylic acids is 6. The number of hydrogen-bond donors (Lipinski definition) is 2. The third kappa shape index (κ3) is 2.96. The number of amides is 4. The quantitative estimate of drug-likeness (QED) is 0.287. The lowest BCUT2D eigenvalue weighted by Gasteiger charge is -2.09. The fourth-order valence-electron chi connectivity index (χ4n) is 4.00. The van der Waals surface area contributed by atoms with E-state index in [0.717, 1.165) is 0 Å². The van der Waals surface area contributed by atoms with E-state index in [2.05, 4.69) is 10.6 Å². The zero-order valence-corrected chi connectivity index (χ0v) is 16.4. The van der Waals surface area contributed by atoms with Crippen molar-refractivity contribution in [3.63, 3.8) is 0 Å². The lowest BCUT2D eigenvalue weighted by Crippen LogP contribution is -2.27. The van der Waals surface area contributed by atoms with Crippen LogP contribution in [0.5, 0.6) is 0 Å². The lowest BCUT2D eigenvalue weighted by molar-refractivity contribution is 0.0838. The number of fused-ring (bicyclic) bond motifs is 2. The first-order valence-electron chi connectivity index (χ1n) is 9.74. The summed E-state index contributed by atoms with van der Waals surface area (Å²) in [7, 11) is 0. The molecule has 0 saturated carbocycles. The molecule has 0 radical (unpaired) electrons. The molecule has 0 aromatic heterocycles. The molecule has 0 bridgehead atoms. The first-order chi connectivity index (χ1) is 15.3. The van der Waals surface area contributed by atoms with Gasteiger partial charge in [-0.1, -0.05) is 24.3 Å². The smallest absolute Gasteiger partial charge is 0.294 e. The molecule has 5 rings (SSSR count). The fraction of sp³-hybridized carbons (Fsp3) is 0.182. The van der Waals surface area contributed by atoms with Crippen LogP contribution in [0.15, 0.2) is 36.4 Å². The second kappa shape index (κ2) is 7.01. The molecule has 3 aliphatic rings. The van der Waals surface area contributed by atoms with Gasteiger partial charge in [0, 0.05) is 24.0 Å². The monoisotopic (exact) mass is 434 g/mol. The molecule has 0 unspecified atom stereocenters. The van der Waals surface area contributed by atoms with Gasteiger partial charge in [0.05, 0.1) is 22.3 Å². The summed E-state index contributed by atoms with van der Waals surface area (Å²) in [5, 5.41) is 4.30. The van der Waals surface area contributed by atoms with Crippen LogP contribution < -0.4 is 10.6 Å². The molecular formula is C22H14N2O8. The Kier molecular flexibility index (Phi) is 4.36. The summed E-state index contributed by atoms with van der Waals surface area (Å²) >= 11 is 0. The Balaban J connectivity index is 1.30. The Morgan fingerprint density at radius 1 is 0.750 bits per heavy atom. The van der Waals surface area contributed by atoms with Crippen LogP contribution in [0.25, 0.3) is 0 Å². The number of rotatable bonds is 7. The molecule has 0 aliphatic carbocycles. The minimum atomic E-state index is -1.65. The van der Waals surface area contributed by atoms with Crippen molar-refractivity contribution in [1.29, 1.82) is 0 Å². The first kappa shape index (κ1) is 19.9. The van der Waals surface area contributed by atoms with E-state index < -0.39 is 35.2 Å². The summed E-state index contributed by atoms with van der Waals surface area (Å²) in [6, 6.07) is 8.76. The SMILES string of the molecule is O=C(CCCC1(C(=O)c2cccc3c2C(=O)NC3=O)OO1)c1cccc2c1C(=O)NC2=O. The summed E-state index contributed by atoms with van der Waals surface area (Å²) in [5.41, 5.74) is 0.366. The number of imide groups is 2. The van der Waals surface area contributed by atoms with Gasteiger partial charge in [-0.3, -0.25) is 39.4 Å². The summed E-state index contributed by atoms with van der Waals surface area (Å²) in [4.78, 5) is 83.3. The Labute approximate surface area is 179 Å². The molecule has 0 spiro atoms. The number of benzene rings is 2. The van der Waals surface area contributed by atoms with Crippen LogP contribution in [0, 0.1) is 0 Å². The maximum Gasteiger partial charge on any atom is 0.295 e. The van der Waals surface area contributed by atoms with E-state index in [9.17, 15) is 28.8 Å². The lowest BCUT2D eigenvalue weighted by atomic mass is 9.92. The van der Waals surface area contributed by atoms with Gasteiger partial charge in [0.25, 0.3) is 29.4 Å². The van der Waals surface area contributed by atoms with Gasteiger partial charge in [-0.15, -0.1) is 0 Å². The Morgan fingerprint density at radius 3 is 1.84 bits per heavy atom. The summed E-state index contributed by atoms with van der Waals surface area (Å²) in [6.45, 7) is 0. The van der Waals surface area contributed by atoms with Gasteiger partial charge in [-0.2, -0.15) is 9.78 Å². The Morgan fingerprint density at radius 2 is 1.28 bits per heavy atom. The van der Waals surface area contributed by atoms with E-state index in [1.165, 1.54) is 36.4 Å². The Hall–Kier alpha value is -4.02. The molecule has 10 nitrogen and oxygen atoms in total. The normalized spacial score (nSPS) is 17.5. The largest absolute Gasteiger partial charge is 0.295 e. The average molecular weight is 434 g/mol. The minimum absolute atomic E-state index is 0.00857. The Bertz CT molecular complexity index is 1270. The van der Waals surface area contributed by atoms with Crippen molar-refractivity contribution in [2.45, 2.75) is 25.0 Å². The summed E-state index contributed by atoms with van der Waals surface area (Å²) in [5.74, 6) is -5.09. The zero-order valence-electron chi connectivity index (χ0n) is 16.4. The van der Waals surface area contributed by atoms with Crippen LogP contribution in [0.2, 0.25) is 0 Å². The average Bonchev–Trinajstić information content (AvgIpc) is 3.43. The van der Waals surface area contributed by atoms with Gasteiger partial charge in [-0.25, -0.2) is 0 Å². The predicted octanol–water partition coefficient (Wildman–Crippen LogP) is 1.35. The molecular weight excluding hydrogens is 420 g/mol. The maximum atomic E-state index is 13.0. The highest BCUT2D eigenvalue weighted by molar-refractivity contribution is 6.26. The van der Waals surface area contributed by atoms with Crippen molar-refractivity contribution in [2.24, 2.45) is 0 Å². The maximum absolute atomic E-state index is 13.0. The van der Waals surface area contributed by atoms with Crippen LogP contribution in [0.1, 0.15) is 81.4 Å². The second-order valence-electron chi connectivity index (χ2n) is 7.55. The number of carbonyl (C=O) groups is 6. The van der Waals surface area contributed by atoms with Crippen molar-refractivity contribution >= 4 is 35.2 Å². The van der Waals surface area contributed by atoms with Crippen molar-refractivity contribution in [3.05, 3.63) is 69.8 Å². The topological polar surface area (TPSA) is 152 Å². The highest BCUT2D eigenvalue weighted by atomic mass is 17.4. The standard InChI is InChI=1S/C22H14N2O8/c25-14(10-4-1-6-12-15(10)20(29)23-18(12)27)8-3-9-22(31-32-22)17(26)11-5-2-7-13-16(11)21(30)24-19(13)28/h1-2,4-7H,3,8-9H2,(H,23,27,29)(H,24,28,30). The molecule has 2 N–H and O–H groups in total. The van der Waals surface area contributed by atoms with Crippen molar-refractivity contribution < 1.29 is 38.5 Å². The molecule has 4 amide bonds. The second-order valence-corrected chi connectivity index (χ2v) is 7.55. The first-order valence-corrected chi connectivity index (χ1v) is 9.74. The zero-order chi connectivity index (χ0) is 22.6. The molecule has 1 saturated heterocycles. The molecule has 0 atom stereocenters. The molecule has 2 aromatic rings. The van der Waals surface area contributed by atoms with Gasteiger partial charge in [-0.05, 0) is 18.6 Å². The number of Topliss-reactive ketones (excluding diaryl/α,β-unsaturated/α-hetero) is 2. The highest BCUT2D eigenvalue weighted by Crippen LogP contribution is 2.40. The third-order valence-corrected chi connectivity index (χ3v) is 5.61. The van der Waals surface area contributed by atoms with E-state index in [4.69, 9.17) is 9.78 Å². The molecule has 10 heteroatoms. The van der Waals surface area contributed by atoms with Crippen LogP contribution in [0.4, 0.5) is 0 Å². The molecule has 1 fully saturated rings. The van der Waals surface area contributed by atoms with Crippen molar-refractivity contribution in [1.82, 2.24) is 10.6 Å². The van der Waals surface area contributed by atoms with Gasteiger partial charge in [0.2, 0.25) is 5.78 Å². The van der Waals surface area contributed by atoms with E-state index in [1.807, 2.05) is 0 Å². The van der Waals surface area contributed by atoms with E-state index in [1.54, 1.807) is 0 Å². The number of ketones is 2. The summed E-state index contributed by atoms with van der Waals surface area (Å²) < 4.78 is 0. The number of nitrogens with one attached hydrogen (secondary N) is 2. The fourth-order valence-corrected chi connectivity index (χ4v) is 4.00. The van der Waals surface area contributed by atoms with Crippen molar-refractivity contribution in [2.75, 3.05) is 0 Å². The molecule has 2 aromatic carbocycles. The van der Waals surface area contributed by atoms with E-state index >= 15 is 0 Å². The molecule has 3 heterocycles. The van der Waals surface area contributed by atoms with Gasteiger partial charge < -0.3 is 0 Å². The van der Waals surface area contributed by atoms with Gasteiger partial charge in [0.15, 0.2) is 5.78 Å². The molecule has 32 heavy (non-hydrogen) atoms. The van der Waals surface area contributed by atoms with E-state index in [0.29, 0.717) is 0 Å². The van der Waals surface area contributed by atoms with Crippen LogP contribution in [0.3, 0.4) is 0 Å². The van der Waals surface area contributed by atoms with Crippen LogP contribution in [-0.2, 0) is 9.78 Å². The molecule has 3 aliphatic heterocycles. The number of hydrogen-bond acceptors (Lipinski definition) is 8. The minimum Gasteiger partial charge on any atom is -0.294 e.